The van der Waals surface area contributed by atoms with Crippen LogP contribution in [0.1, 0.15) is 0 Å². The fourth-order valence-corrected chi connectivity index (χ4v) is 2.88. The monoisotopic (exact) mass is 385 g/mol. The molecule has 0 aliphatic heterocycles. The Morgan fingerprint density at radius 2 is 1.90 bits per heavy atom. The minimum atomic E-state index is 0.345. The van der Waals surface area contributed by atoms with E-state index in [1.54, 1.807) is 23.8 Å². The van der Waals surface area contributed by atoms with Gasteiger partial charge in [-0.25, -0.2) is 4.98 Å². The van der Waals surface area contributed by atoms with Gasteiger partial charge in [0.15, 0.2) is 0 Å². The average Bonchev–Trinajstić information content (AvgIpc) is 2.75. The zero-order chi connectivity index (χ0) is 15.1. The number of nitrogens with zero attached hydrogens (tertiary/aromatic N) is 2. The molecule has 4 nitrogen and oxygen atoms in total. The number of aromatic nitrogens is 2. The summed E-state index contributed by atoms with van der Waals surface area (Å²) in [6.07, 6.45) is 0. The zero-order valence-electron chi connectivity index (χ0n) is 10.9. The van der Waals surface area contributed by atoms with Gasteiger partial charge in [0.05, 0.1) is 33.9 Å². The van der Waals surface area contributed by atoms with Crippen molar-refractivity contribution in [3.63, 3.8) is 0 Å². The Hall–Kier alpha value is -1.43. The van der Waals surface area contributed by atoms with E-state index in [1.165, 1.54) is 0 Å². The van der Waals surface area contributed by atoms with E-state index in [0.717, 1.165) is 21.4 Å². The molecule has 2 N–H and O–H groups in total. The van der Waals surface area contributed by atoms with E-state index >= 15 is 0 Å². The lowest BCUT2D eigenvalue weighted by molar-refractivity contribution is 0.414. The van der Waals surface area contributed by atoms with Crippen molar-refractivity contribution in [1.29, 1.82) is 0 Å². The molecule has 3 aromatic rings. The Balaban J connectivity index is 2.34. The summed E-state index contributed by atoms with van der Waals surface area (Å²) in [5, 5.41) is 0.892. The first-order valence-corrected chi connectivity index (χ1v) is 7.53. The number of hydrogen-bond acceptors (Lipinski definition) is 3. The summed E-state index contributed by atoms with van der Waals surface area (Å²) in [5.41, 5.74) is 8.31. The lowest BCUT2D eigenvalue weighted by Crippen LogP contribution is -2.02. The van der Waals surface area contributed by atoms with E-state index in [1.807, 2.05) is 18.2 Å². The maximum atomic E-state index is 6.10. The smallest absolute Gasteiger partial charge is 0.205 e. The van der Waals surface area contributed by atoms with Crippen molar-refractivity contribution in [1.82, 2.24) is 9.55 Å². The highest BCUT2D eigenvalue weighted by molar-refractivity contribution is 9.10. The number of benzene rings is 2. The number of nitrogen functional groups attached to an aromatic ring is 1. The SMILES string of the molecule is COc1ccc(Br)c(-n2c(N)nc3cc(Cl)c(Cl)cc32)c1. The van der Waals surface area contributed by atoms with Crippen LogP contribution in [0.25, 0.3) is 16.7 Å². The van der Waals surface area contributed by atoms with Crippen molar-refractivity contribution in [3.8, 4) is 11.4 Å². The second kappa shape index (κ2) is 5.40. The molecule has 2 aromatic carbocycles. The maximum absolute atomic E-state index is 6.10. The molecule has 0 fully saturated rings. The summed E-state index contributed by atoms with van der Waals surface area (Å²) in [4.78, 5) is 4.32. The van der Waals surface area contributed by atoms with Crippen LogP contribution in [0.4, 0.5) is 5.95 Å². The standard InChI is InChI=1S/C14H10BrCl2N3O/c1-21-7-2-3-8(15)12(4-7)20-13-6-10(17)9(16)5-11(13)19-14(20)18/h2-6H,1H3,(H2,18,19). The fourth-order valence-electron chi connectivity index (χ4n) is 2.14. The van der Waals surface area contributed by atoms with Gasteiger partial charge < -0.3 is 10.5 Å². The number of nitrogens with two attached hydrogens (primary N) is 1. The van der Waals surface area contributed by atoms with E-state index in [9.17, 15) is 0 Å². The summed E-state index contributed by atoms with van der Waals surface area (Å²) in [5.74, 6) is 1.06. The average molecular weight is 387 g/mol. The molecule has 7 heteroatoms. The predicted octanol–water partition coefficient (Wildman–Crippen LogP) is 4.69. The fraction of sp³-hybridized carbons (Fsp3) is 0.0714. The first-order valence-electron chi connectivity index (χ1n) is 5.98. The van der Waals surface area contributed by atoms with E-state index < -0.39 is 0 Å². The van der Waals surface area contributed by atoms with Crippen molar-refractivity contribution in [3.05, 3.63) is 44.8 Å². The third-order valence-corrected chi connectivity index (χ3v) is 4.51. The molecule has 0 spiro atoms. The lowest BCUT2D eigenvalue weighted by atomic mass is 10.2. The highest BCUT2D eigenvalue weighted by atomic mass is 79.9. The van der Waals surface area contributed by atoms with Gasteiger partial charge in [-0.3, -0.25) is 4.57 Å². The Bertz CT molecular complexity index is 848. The number of rotatable bonds is 2. The number of anilines is 1. The molecule has 3 rings (SSSR count). The van der Waals surface area contributed by atoms with E-state index in [-0.39, 0.29) is 0 Å². The quantitative estimate of drug-likeness (QED) is 0.695. The van der Waals surface area contributed by atoms with Crippen LogP contribution >= 0.6 is 39.1 Å². The first kappa shape index (κ1) is 14.5. The molecule has 108 valence electrons. The van der Waals surface area contributed by atoms with E-state index in [4.69, 9.17) is 33.7 Å². The van der Waals surface area contributed by atoms with Crippen LogP contribution in [0.2, 0.25) is 10.0 Å². The van der Waals surface area contributed by atoms with Crippen molar-refractivity contribution in [2.75, 3.05) is 12.8 Å². The molecule has 1 aromatic heterocycles. The number of methoxy groups -OCH3 is 1. The van der Waals surface area contributed by atoms with Gasteiger partial charge in [-0.15, -0.1) is 0 Å². The molecule has 0 atom stereocenters. The van der Waals surface area contributed by atoms with Crippen LogP contribution in [0.15, 0.2) is 34.8 Å². The maximum Gasteiger partial charge on any atom is 0.205 e. The molecule has 0 unspecified atom stereocenters. The van der Waals surface area contributed by atoms with Crippen LogP contribution < -0.4 is 10.5 Å². The van der Waals surface area contributed by atoms with Crippen molar-refractivity contribution in [2.24, 2.45) is 0 Å². The lowest BCUT2D eigenvalue weighted by Gasteiger charge is -2.11. The van der Waals surface area contributed by atoms with Gasteiger partial charge in [-0.1, -0.05) is 23.2 Å². The molecule has 0 aliphatic carbocycles. The highest BCUT2D eigenvalue weighted by Crippen LogP contribution is 2.34. The van der Waals surface area contributed by atoms with Crippen molar-refractivity contribution < 1.29 is 4.74 Å². The Kier molecular flexibility index (Phi) is 3.73. The van der Waals surface area contributed by atoms with Crippen LogP contribution in [0.5, 0.6) is 5.75 Å². The van der Waals surface area contributed by atoms with Gasteiger partial charge >= 0.3 is 0 Å². The topological polar surface area (TPSA) is 53.1 Å². The zero-order valence-corrected chi connectivity index (χ0v) is 14.0. The van der Waals surface area contributed by atoms with Crippen molar-refractivity contribution in [2.45, 2.75) is 0 Å². The molecule has 0 radical (unpaired) electrons. The number of ether oxygens (including phenoxy) is 1. The summed E-state index contributed by atoms with van der Waals surface area (Å²) >= 11 is 15.6. The molecule has 0 bridgehead atoms. The van der Waals surface area contributed by atoms with Gasteiger partial charge in [0, 0.05) is 10.5 Å². The summed E-state index contributed by atoms with van der Waals surface area (Å²) in [6, 6.07) is 9.04. The first-order chi connectivity index (χ1) is 10.0. The molecule has 1 heterocycles. The van der Waals surface area contributed by atoms with Crippen LogP contribution in [-0.4, -0.2) is 16.7 Å². The Morgan fingerprint density at radius 3 is 2.62 bits per heavy atom. The van der Waals surface area contributed by atoms with E-state index in [2.05, 4.69) is 20.9 Å². The molecule has 0 saturated heterocycles. The number of imidazole rings is 1. The molecular weight excluding hydrogens is 377 g/mol. The molecule has 0 aliphatic rings. The number of hydrogen-bond donors (Lipinski definition) is 1. The van der Waals surface area contributed by atoms with Gasteiger partial charge in [-0.05, 0) is 40.2 Å². The van der Waals surface area contributed by atoms with Gasteiger partial charge in [0.2, 0.25) is 5.95 Å². The second-order valence-electron chi connectivity index (χ2n) is 4.38. The van der Waals surface area contributed by atoms with E-state index in [0.29, 0.717) is 21.5 Å². The minimum absolute atomic E-state index is 0.345. The molecule has 0 amide bonds. The summed E-state index contributed by atoms with van der Waals surface area (Å²) in [6.45, 7) is 0. The summed E-state index contributed by atoms with van der Waals surface area (Å²) < 4.78 is 7.92. The van der Waals surface area contributed by atoms with Crippen molar-refractivity contribution >= 4 is 56.1 Å². The Morgan fingerprint density at radius 1 is 1.19 bits per heavy atom. The molecule has 0 saturated carbocycles. The highest BCUT2D eigenvalue weighted by Gasteiger charge is 2.15. The third-order valence-electron chi connectivity index (χ3n) is 3.12. The normalized spacial score (nSPS) is 11.0. The van der Waals surface area contributed by atoms with Crippen LogP contribution in [0.3, 0.4) is 0 Å². The summed E-state index contributed by atoms with van der Waals surface area (Å²) in [7, 11) is 1.61. The second-order valence-corrected chi connectivity index (χ2v) is 6.05. The van der Waals surface area contributed by atoms with Gasteiger partial charge in [0.1, 0.15) is 5.75 Å². The van der Waals surface area contributed by atoms with Gasteiger partial charge in [-0.2, -0.15) is 0 Å². The minimum Gasteiger partial charge on any atom is -0.497 e. The largest absolute Gasteiger partial charge is 0.497 e. The van der Waals surface area contributed by atoms with Gasteiger partial charge in [0.25, 0.3) is 0 Å². The van der Waals surface area contributed by atoms with Crippen LogP contribution in [-0.2, 0) is 0 Å². The number of halogens is 3. The third kappa shape index (κ3) is 2.46. The Labute approximate surface area is 139 Å². The number of fused-ring (bicyclic) bond motifs is 1. The molecule has 21 heavy (non-hydrogen) atoms. The van der Waals surface area contributed by atoms with Crippen LogP contribution in [0, 0.1) is 0 Å². The predicted molar refractivity (Wildman–Crippen MR) is 89.8 cm³/mol. The molecular formula is C14H10BrCl2N3O.